The molecule has 0 bridgehead atoms. The predicted octanol–water partition coefficient (Wildman–Crippen LogP) is 2.20. The number of hydrogen-bond acceptors (Lipinski definition) is 4. The van der Waals surface area contributed by atoms with E-state index in [1.165, 1.54) is 6.07 Å². The van der Waals surface area contributed by atoms with Crippen LogP contribution in [0.25, 0.3) is 10.9 Å². The molecule has 1 aromatic carbocycles. The fourth-order valence-corrected chi connectivity index (χ4v) is 1.83. The van der Waals surface area contributed by atoms with Crippen LogP contribution in [-0.4, -0.2) is 31.2 Å². The summed E-state index contributed by atoms with van der Waals surface area (Å²) in [6.45, 7) is 0.678. The van der Waals surface area contributed by atoms with Gasteiger partial charge < -0.3 is 4.74 Å². The first kappa shape index (κ1) is 13.7. The molecule has 0 aliphatic heterocycles. The molecule has 6 heteroatoms. The third-order valence-corrected chi connectivity index (χ3v) is 2.68. The van der Waals surface area contributed by atoms with Crippen LogP contribution in [0.4, 0.5) is 0 Å². The molecule has 2 aromatic rings. The number of ether oxygens (including phenoxy) is 1. The van der Waals surface area contributed by atoms with E-state index in [0.717, 1.165) is 5.39 Å². The molecule has 0 saturated carbocycles. The van der Waals surface area contributed by atoms with Crippen molar-refractivity contribution in [1.82, 2.24) is 10.5 Å². The van der Waals surface area contributed by atoms with Gasteiger partial charge in [-0.1, -0.05) is 29.8 Å². The normalized spacial score (nSPS) is 10.6. The lowest BCUT2D eigenvalue weighted by Gasteiger charge is -2.08. The maximum atomic E-state index is 12.0. The Balaban J connectivity index is 2.21. The zero-order chi connectivity index (χ0) is 13.7. The lowest BCUT2D eigenvalue weighted by atomic mass is 10.1. The maximum absolute atomic E-state index is 12.0. The number of carbonyl (C=O) groups excluding carboxylic acids is 1. The number of amides is 1. The van der Waals surface area contributed by atoms with Crippen molar-refractivity contribution in [2.45, 2.75) is 0 Å². The highest BCUT2D eigenvalue weighted by molar-refractivity contribution is 6.30. The van der Waals surface area contributed by atoms with Crippen molar-refractivity contribution in [2.24, 2.45) is 0 Å². The lowest BCUT2D eigenvalue weighted by molar-refractivity contribution is 0.00899. The highest BCUT2D eigenvalue weighted by Gasteiger charge is 2.12. The van der Waals surface area contributed by atoms with Gasteiger partial charge in [-0.15, -0.1) is 0 Å². The van der Waals surface area contributed by atoms with Gasteiger partial charge in [0.05, 0.1) is 24.3 Å². The quantitative estimate of drug-likeness (QED) is 0.518. The van der Waals surface area contributed by atoms with Crippen LogP contribution in [0, 0.1) is 0 Å². The van der Waals surface area contributed by atoms with Crippen molar-refractivity contribution in [3.8, 4) is 0 Å². The van der Waals surface area contributed by atoms with Crippen LogP contribution in [-0.2, 0) is 9.57 Å². The SMILES string of the molecule is COCCONC(=O)c1cc(Cl)nc2ccccc12. The molecule has 1 aromatic heterocycles. The van der Waals surface area contributed by atoms with Crippen LogP contribution in [0.1, 0.15) is 10.4 Å². The molecule has 0 spiro atoms. The standard InChI is InChI=1S/C13H13ClN2O3/c1-18-6-7-19-16-13(17)10-8-12(14)15-11-5-3-2-4-9(10)11/h2-5,8H,6-7H2,1H3,(H,16,17). The number of rotatable bonds is 5. The number of nitrogens with zero attached hydrogens (tertiary/aromatic N) is 1. The lowest BCUT2D eigenvalue weighted by Crippen LogP contribution is -2.25. The molecule has 19 heavy (non-hydrogen) atoms. The van der Waals surface area contributed by atoms with Gasteiger partial charge >= 0.3 is 0 Å². The van der Waals surface area contributed by atoms with Crippen LogP contribution in [0.3, 0.4) is 0 Å². The molecule has 100 valence electrons. The average Bonchev–Trinajstić information content (AvgIpc) is 2.42. The second kappa shape index (κ2) is 6.47. The third-order valence-electron chi connectivity index (χ3n) is 2.48. The zero-order valence-electron chi connectivity index (χ0n) is 10.4. The molecular weight excluding hydrogens is 268 g/mol. The number of carbonyl (C=O) groups is 1. The number of nitrogens with one attached hydrogen (secondary N) is 1. The molecule has 0 atom stereocenters. The van der Waals surface area contributed by atoms with E-state index in [1.54, 1.807) is 13.2 Å². The van der Waals surface area contributed by atoms with Gasteiger partial charge in [0.1, 0.15) is 5.15 Å². The third kappa shape index (κ3) is 3.41. The molecule has 1 heterocycles. The van der Waals surface area contributed by atoms with E-state index >= 15 is 0 Å². The average molecular weight is 281 g/mol. The summed E-state index contributed by atoms with van der Waals surface area (Å²) in [6, 6.07) is 8.79. The van der Waals surface area contributed by atoms with E-state index in [0.29, 0.717) is 17.7 Å². The van der Waals surface area contributed by atoms with Gasteiger partial charge in [-0.05, 0) is 12.1 Å². The molecule has 0 unspecified atom stereocenters. The van der Waals surface area contributed by atoms with Gasteiger partial charge in [0.2, 0.25) is 0 Å². The first-order valence-electron chi connectivity index (χ1n) is 5.68. The minimum atomic E-state index is -0.364. The molecule has 0 saturated heterocycles. The Morgan fingerprint density at radius 3 is 2.95 bits per heavy atom. The summed E-state index contributed by atoms with van der Waals surface area (Å²) in [5, 5.41) is 0.987. The Morgan fingerprint density at radius 1 is 1.37 bits per heavy atom. The number of hydrogen-bond donors (Lipinski definition) is 1. The van der Waals surface area contributed by atoms with Gasteiger partial charge in [0.25, 0.3) is 5.91 Å². The highest BCUT2D eigenvalue weighted by Crippen LogP contribution is 2.20. The summed E-state index contributed by atoms with van der Waals surface area (Å²) in [4.78, 5) is 21.2. The largest absolute Gasteiger partial charge is 0.382 e. The first-order chi connectivity index (χ1) is 9.22. The summed E-state index contributed by atoms with van der Waals surface area (Å²) in [5.41, 5.74) is 3.44. The summed E-state index contributed by atoms with van der Waals surface area (Å²) >= 11 is 5.90. The summed E-state index contributed by atoms with van der Waals surface area (Å²) in [5.74, 6) is -0.364. The Bertz CT molecular complexity index is 589. The van der Waals surface area contributed by atoms with Gasteiger partial charge in [0.15, 0.2) is 0 Å². The van der Waals surface area contributed by atoms with Gasteiger partial charge in [0, 0.05) is 12.5 Å². The summed E-state index contributed by atoms with van der Waals surface area (Å²) < 4.78 is 4.81. The molecule has 1 amide bonds. The second-order valence-electron chi connectivity index (χ2n) is 3.78. The van der Waals surface area contributed by atoms with Crippen LogP contribution in [0.2, 0.25) is 5.15 Å². The Morgan fingerprint density at radius 2 is 2.16 bits per heavy atom. The minimum Gasteiger partial charge on any atom is -0.382 e. The molecule has 2 rings (SSSR count). The number of fused-ring (bicyclic) bond motifs is 1. The molecule has 1 N–H and O–H groups in total. The molecule has 0 aliphatic carbocycles. The van der Waals surface area contributed by atoms with Crippen molar-refractivity contribution in [2.75, 3.05) is 20.3 Å². The van der Waals surface area contributed by atoms with Crippen LogP contribution >= 0.6 is 11.6 Å². The fraction of sp³-hybridized carbons (Fsp3) is 0.231. The second-order valence-corrected chi connectivity index (χ2v) is 4.17. The van der Waals surface area contributed by atoms with Crippen molar-refractivity contribution < 1.29 is 14.4 Å². The van der Waals surface area contributed by atoms with Gasteiger partial charge in [-0.25, -0.2) is 10.5 Å². The molecule has 0 radical (unpaired) electrons. The highest BCUT2D eigenvalue weighted by atomic mass is 35.5. The Kier molecular flexibility index (Phi) is 4.68. The number of methoxy groups -OCH3 is 1. The smallest absolute Gasteiger partial charge is 0.275 e. The molecule has 0 fully saturated rings. The number of pyridine rings is 1. The number of hydroxylamine groups is 1. The number of benzene rings is 1. The molecule has 0 aliphatic rings. The Labute approximate surface area is 115 Å². The van der Waals surface area contributed by atoms with E-state index < -0.39 is 0 Å². The molecular formula is C13H13ClN2O3. The monoisotopic (exact) mass is 280 g/mol. The van der Waals surface area contributed by atoms with Crippen molar-refractivity contribution in [3.05, 3.63) is 41.0 Å². The van der Waals surface area contributed by atoms with Crippen molar-refractivity contribution in [1.29, 1.82) is 0 Å². The summed E-state index contributed by atoms with van der Waals surface area (Å²) in [7, 11) is 1.56. The van der Waals surface area contributed by atoms with E-state index in [2.05, 4.69) is 10.5 Å². The number of halogens is 1. The number of aromatic nitrogens is 1. The Hall–Kier alpha value is -1.69. The van der Waals surface area contributed by atoms with Crippen molar-refractivity contribution in [3.63, 3.8) is 0 Å². The van der Waals surface area contributed by atoms with E-state index in [-0.39, 0.29) is 17.7 Å². The molecule has 5 nitrogen and oxygen atoms in total. The van der Waals surface area contributed by atoms with Crippen LogP contribution in [0.5, 0.6) is 0 Å². The van der Waals surface area contributed by atoms with E-state index in [9.17, 15) is 4.79 Å². The van der Waals surface area contributed by atoms with Crippen molar-refractivity contribution >= 4 is 28.4 Å². The number of para-hydroxylation sites is 1. The fourth-order valence-electron chi connectivity index (χ4n) is 1.63. The topological polar surface area (TPSA) is 60.5 Å². The van der Waals surface area contributed by atoms with Gasteiger partial charge in [-0.3, -0.25) is 9.63 Å². The van der Waals surface area contributed by atoms with Crippen LogP contribution < -0.4 is 5.48 Å². The maximum Gasteiger partial charge on any atom is 0.275 e. The van der Waals surface area contributed by atoms with Crippen LogP contribution in [0.15, 0.2) is 30.3 Å². The predicted molar refractivity (Wildman–Crippen MR) is 72.0 cm³/mol. The van der Waals surface area contributed by atoms with Gasteiger partial charge in [-0.2, -0.15) is 0 Å². The first-order valence-corrected chi connectivity index (χ1v) is 6.06. The minimum absolute atomic E-state index is 0.265. The van der Waals surface area contributed by atoms with E-state index in [1.807, 2.05) is 18.2 Å². The van der Waals surface area contributed by atoms with E-state index in [4.69, 9.17) is 21.2 Å². The zero-order valence-corrected chi connectivity index (χ0v) is 11.1. The summed E-state index contributed by atoms with van der Waals surface area (Å²) in [6.07, 6.45) is 0.